The molecule has 2 rings (SSSR count). The third-order valence-corrected chi connectivity index (χ3v) is 2.76. The van der Waals surface area contributed by atoms with Gasteiger partial charge in [0.1, 0.15) is 11.8 Å². The summed E-state index contributed by atoms with van der Waals surface area (Å²) < 4.78 is 50.5. The predicted octanol–water partition coefficient (Wildman–Crippen LogP) is 3.55. The quantitative estimate of drug-likeness (QED) is 0.695. The standard InChI is InChI=1S/C9H3BrF4N2/c10-6-5(9(12,13)14)1-4-2-15-3-16-8(4)7(6)11/h1-3H. The fourth-order valence-corrected chi connectivity index (χ4v) is 1.80. The van der Waals surface area contributed by atoms with Crippen molar-refractivity contribution in [2.24, 2.45) is 0 Å². The molecule has 16 heavy (non-hydrogen) atoms. The van der Waals surface area contributed by atoms with Gasteiger partial charge in [-0.25, -0.2) is 14.4 Å². The Bertz CT molecular complexity index is 553. The Hall–Kier alpha value is -1.24. The molecule has 0 aliphatic rings. The summed E-state index contributed by atoms with van der Waals surface area (Å²) in [6.45, 7) is 0. The number of benzene rings is 1. The largest absolute Gasteiger partial charge is 0.417 e. The van der Waals surface area contributed by atoms with Crippen LogP contribution in [0.25, 0.3) is 10.9 Å². The van der Waals surface area contributed by atoms with E-state index < -0.39 is 22.0 Å². The summed E-state index contributed by atoms with van der Waals surface area (Å²) in [7, 11) is 0. The van der Waals surface area contributed by atoms with Crippen molar-refractivity contribution >= 4 is 26.8 Å². The molecule has 0 atom stereocenters. The van der Waals surface area contributed by atoms with Crippen LogP contribution < -0.4 is 0 Å². The second-order valence-corrected chi connectivity index (χ2v) is 3.80. The average molecular weight is 295 g/mol. The fraction of sp³-hybridized carbons (Fsp3) is 0.111. The van der Waals surface area contributed by atoms with Gasteiger partial charge in [-0.3, -0.25) is 0 Å². The van der Waals surface area contributed by atoms with E-state index >= 15 is 0 Å². The van der Waals surface area contributed by atoms with Crippen molar-refractivity contribution < 1.29 is 17.6 Å². The highest BCUT2D eigenvalue weighted by atomic mass is 79.9. The summed E-state index contributed by atoms with van der Waals surface area (Å²) >= 11 is 2.58. The minimum Gasteiger partial charge on any atom is -0.244 e. The van der Waals surface area contributed by atoms with Crippen molar-refractivity contribution in [3.05, 3.63) is 34.4 Å². The van der Waals surface area contributed by atoms with Gasteiger partial charge < -0.3 is 0 Å². The molecule has 2 nitrogen and oxygen atoms in total. The van der Waals surface area contributed by atoms with E-state index in [9.17, 15) is 17.6 Å². The molecule has 0 aliphatic carbocycles. The average Bonchev–Trinajstić information content (AvgIpc) is 2.22. The molecule has 0 saturated heterocycles. The first kappa shape index (κ1) is 11.3. The zero-order chi connectivity index (χ0) is 11.9. The maximum absolute atomic E-state index is 13.6. The van der Waals surface area contributed by atoms with E-state index in [4.69, 9.17) is 0 Å². The van der Waals surface area contributed by atoms with Crippen molar-refractivity contribution in [3.8, 4) is 0 Å². The molecule has 0 saturated carbocycles. The van der Waals surface area contributed by atoms with Crippen molar-refractivity contribution in [1.82, 2.24) is 9.97 Å². The highest BCUT2D eigenvalue weighted by molar-refractivity contribution is 9.10. The number of aromatic nitrogens is 2. The van der Waals surface area contributed by atoms with Crippen molar-refractivity contribution in [2.75, 3.05) is 0 Å². The summed E-state index contributed by atoms with van der Waals surface area (Å²) in [5.41, 5.74) is -1.22. The number of alkyl halides is 3. The minimum atomic E-state index is -4.62. The number of hydrogen-bond acceptors (Lipinski definition) is 2. The molecule has 2 aromatic rings. The molecule has 1 heterocycles. The highest BCUT2D eigenvalue weighted by Crippen LogP contribution is 2.38. The molecule has 1 aromatic heterocycles. The second kappa shape index (κ2) is 3.65. The van der Waals surface area contributed by atoms with Gasteiger partial charge in [0.15, 0.2) is 5.82 Å². The van der Waals surface area contributed by atoms with E-state index in [2.05, 4.69) is 25.9 Å². The predicted molar refractivity (Wildman–Crippen MR) is 52.2 cm³/mol. The van der Waals surface area contributed by atoms with Crippen LogP contribution in [0.4, 0.5) is 17.6 Å². The molecule has 0 radical (unpaired) electrons. The van der Waals surface area contributed by atoms with Crippen LogP contribution in [0.3, 0.4) is 0 Å². The number of hydrogen-bond donors (Lipinski definition) is 0. The Morgan fingerprint density at radius 3 is 2.56 bits per heavy atom. The molecular formula is C9H3BrF4N2. The van der Waals surface area contributed by atoms with Gasteiger partial charge in [0, 0.05) is 11.6 Å². The number of halogens is 5. The SMILES string of the molecule is Fc1c(Br)c(C(F)(F)F)cc2cncnc12. The van der Waals surface area contributed by atoms with E-state index in [1.54, 1.807) is 0 Å². The zero-order valence-corrected chi connectivity index (χ0v) is 9.10. The maximum Gasteiger partial charge on any atom is 0.417 e. The zero-order valence-electron chi connectivity index (χ0n) is 7.52. The van der Waals surface area contributed by atoms with Gasteiger partial charge in [0.25, 0.3) is 0 Å². The molecule has 0 aliphatic heterocycles. The van der Waals surface area contributed by atoms with E-state index in [0.717, 1.165) is 18.6 Å². The molecule has 0 N–H and O–H groups in total. The van der Waals surface area contributed by atoms with Gasteiger partial charge in [-0.15, -0.1) is 0 Å². The lowest BCUT2D eigenvalue weighted by molar-refractivity contribution is -0.138. The molecule has 0 spiro atoms. The topological polar surface area (TPSA) is 25.8 Å². The Kier molecular flexibility index (Phi) is 2.57. The van der Waals surface area contributed by atoms with Crippen LogP contribution in [-0.2, 0) is 6.18 Å². The molecule has 1 aromatic carbocycles. The Morgan fingerprint density at radius 2 is 1.94 bits per heavy atom. The maximum atomic E-state index is 13.6. The monoisotopic (exact) mass is 294 g/mol. The molecular weight excluding hydrogens is 292 g/mol. The van der Waals surface area contributed by atoms with E-state index in [1.807, 2.05) is 0 Å². The lowest BCUT2D eigenvalue weighted by Crippen LogP contribution is -2.07. The van der Waals surface area contributed by atoms with Gasteiger partial charge in [0.05, 0.1) is 10.0 Å². The van der Waals surface area contributed by atoms with Gasteiger partial charge in [-0.1, -0.05) is 0 Å². The lowest BCUT2D eigenvalue weighted by atomic mass is 10.1. The summed E-state index contributed by atoms with van der Waals surface area (Å²) in [6.07, 6.45) is -2.41. The molecule has 0 unspecified atom stereocenters. The summed E-state index contributed by atoms with van der Waals surface area (Å²) in [5.74, 6) is -1.03. The highest BCUT2D eigenvalue weighted by Gasteiger charge is 2.35. The minimum absolute atomic E-state index is 0.00975. The summed E-state index contributed by atoms with van der Waals surface area (Å²) in [5, 5.41) is 0.00975. The Morgan fingerprint density at radius 1 is 1.25 bits per heavy atom. The van der Waals surface area contributed by atoms with Crippen LogP contribution in [0.5, 0.6) is 0 Å². The van der Waals surface area contributed by atoms with E-state index in [-0.39, 0.29) is 10.9 Å². The molecule has 84 valence electrons. The smallest absolute Gasteiger partial charge is 0.244 e. The van der Waals surface area contributed by atoms with Gasteiger partial charge in [-0.2, -0.15) is 13.2 Å². The number of fused-ring (bicyclic) bond motifs is 1. The number of nitrogens with zero attached hydrogens (tertiary/aromatic N) is 2. The lowest BCUT2D eigenvalue weighted by Gasteiger charge is -2.10. The first-order valence-corrected chi connectivity index (χ1v) is 4.85. The summed E-state index contributed by atoms with van der Waals surface area (Å²) in [4.78, 5) is 7.13. The van der Waals surface area contributed by atoms with Crippen molar-refractivity contribution in [3.63, 3.8) is 0 Å². The van der Waals surface area contributed by atoms with E-state index in [1.165, 1.54) is 0 Å². The van der Waals surface area contributed by atoms with Crippen molar-refractivity contribution in [2.45, 2.75) is 6.18 Å². The van der Waals surface area contributed by atoms with Crippen molar-refractivity contribution in [1.29, 1.82) is 0 Å². The summed E-state index contributed by atoms with van der Waals surface area (Å²) in [6, 6.07) is 0.808. The third-order valence-electron chi connectivity index (χ3n) is 1.98. The Labute approximate surface area is 95.4 Å². The van der Waals surface area contributed by atoms with Gasteiger partial charge in [0.2, 0.25) is 0 Å². The van der Waals surface area contributed by atoms with Crippen LogP contribution in [0.1, 0.15) is 5.56 Å². The van der Waals surface area contributed by atoms with Crippen LogP contribution in [0.2, 0.25) is 0 Å². The van der Waals surface area contributed by atoms with Crippen LogP contribution in [-0.4, -0.2) is 9.97 Å². The molecule has 7 heteroatoms. The third kappa shape index (κ3) is 1.75. The van der Waals surface area contributed by atoms with Crippen LogP contribution >= 0.6 is 15.9 Å². The first-order valence-electron chi connectivity index (χ1n) is 4.06. The molecule has 0 fully saturated rings. The van der Waals surface area contributed by atoms with Crippen LogP contribution in [0, 0.1) is 5.82 Å². The fourth-order valence-electron chi connectivity index (χ4n) is 1.28. The van der Waals surface area contributed by atoms with Gasteiger partial charge >= 0.3 is 6.18 Å². The van der Waals surface area contributed by atoms with E-state index in [0.29, 0.717) is 0 Å². The Balaban J connectivity index is 2.84. The first-order chi connectivity index (χ1) is 7.41. The molecule has 0 amide bonds. The van der Waals surface area contributed by atoms with Gasteiger partial charge in [-0.05, 0) is 22.0 Å². The number of rotatable bonds is 0. The second-order valence-electron chi connectivity index (χ2n) is 3.01. The normalized spacial score (nSPS) is 12.1. The molecule has 0 bridgehead atoms. The van der Waals surface area contributed by atoms with Crippen LogP contribution in [0.15, 0.2) is 23.1 Å².